The Morgan fingerprint density at radius 2 is 1.70 bits per heavy atom. The van der Waals surface area contributed by atoms with Crippen LogP contribution in [-0.2, 0) is 28.2 Å². The lowest BCUT2D eigenvalue weighted by atomic mass is 9.66. The topological polar surface area (TPSA) is 101 Å². The highest BCUT2D eigenvalue weighted by molar-refractivity contribution is 6.77. The summed E-state index contributed by atoms with van der Waals surface area (Å²) in [5.74, 6) is -0.612. The van der Waals surface area contributed by atoms with Crippen LogP contribution < -0.4 is 0 Å². The van der Waals surface area contributed by atoms with Gasteiger partial charge in [0.25, 0.3) is 0 Å². The van der Waals surface area contributed by atoms with E-state index in [4.69, 9.17) is 23.1 Å². The van der Waals surface area contributed by atoms with Crippen molar-refractivity contribution in [3.63, 3.8) is 0 Å². The first kappa shape index (κ1) is 30.3. The second-order valence-electron chi connectivity index (χ2n) is 12.5. The fourth-order valence-corrected chi connectivity index (χ4v) is 12.9. The molecule has 0 unspecified atom stereocenters. The summed E-state index contributed by atoms with van der Waals surface area (Å²) in [6.07, 6.45) is 3.72. The number of rotatable bonds is 7. The van der Waals surface area contributed by atoms with Crippen molar-refractivity contribution in [1.82, 2.24) is 0 Å². The predicted octanol–water partition coefficient (Wildman–Crippen LogP) is 6.71. The molecule has 3 aliphatic rings. The first-order valence-corrected chi connectivity index (χ1v) is 16.6. The Balaban J connectivity index is 1.83. The van der Waals surface area contributed by atoms with E-state index in [1.54, 1.807) is 12.1 Å². The number of fused-ring (bicyclic) bond motifs is 5. The predicted molar refractivity (Wildman–Crippen MR) is 153 cm³/mol. The molecule has 0 N–H and O–H groups in total. The largest absolute Gasteiger partial charge is 0.465 e. The zero-order valence-electron chi connectivity index (χ0n) is 25.2. The van der Waals surface area contributed by atoms with Gasteiger partial charge in [0, 0.05) is 25.4 Å². The van der Waals surface area contributed by atoms with Crippen molar-refractivity contribution < 1.29 is 37.4 Å². The highest BCUT2D eigenvalue weighted by atomic mass is 28.4. The van der Waals surface area contributed by atoms with Gasteiger partial charge in [-0.15, -0.1) is 0 Å². The first-order valence-electron chi connectivity index (χ1n) is 14.4. The summed E-state index contributed by atoms with van der Waals surface area (Å²) in [7, 11) is -0.899. The van der Waals surface area contributed by atoms with Gasteiger partial charge in [-0.25, -0.2) is 9.59 Å². The van der Waals surface area contributed by atoms with E-state index in [1.807, 2.05) is 13.0 Å². The third-order valence-corrected chi connectivity index (χ3v) is 15.1. The van der Waals surface area contributed by atoms with E-state index in [-0.39, 0.29) is 17.9 Å². The van der Waals surface area contributed by atoms with Gasteiger partial charge in [-0.2, -0.15) is 0 Å². The van der Waals surface area contributed by atoms with E-state index in [9.17, 15) is 14.4 Å². The first-order chi connectivity index (χ1) is 18.8. The van der Waals surface area contributed by atoms with Crippen LogP contribution in [0.5, 0.6) is 0 Å². The smallest absolute Gasteiger partial charge is 0.341 e. The van der Waals surface area contributed by atoms with Gasteiger partial charge < -0.3 is 23.1 Å². The molecule has 40 heavy (non-hydrogen) atoms. The average Bonchev–Trinajstić information content (AvgIpc) is 3.41. The van der Waals surface area contributed by atoms with E-state index in [0.717, 1.165) is 5.57 Å². The minimum atomic E-state index is -2.26. The van der Waals surface area contributed by atoms with E-state index in [2.05, 4.69) is 41.5 Å². The van der Waals surface area contributed by atoms with E-state index >= 15 is 0 Å². The third-order valence-electron chi connectivity index (χ3n) is 8.98. The molecule has 0 aromatic carbocycles. The second kappa shape index (κ2) is 11.7. The maximum Gasteiger partial charge on any atom is 0.341 e. The summed E-state index contributed by atoms with van der Waals surface area (Å²) < 4.78 is 30.1. The zero-order valence-corrected chi connectivity index (χ0v) is 26.2. The van der Waals surface area contributed by atoms with Crippen LogP contribution in [0, 0.1) is 5.92 Å². The van der Waals surface area contributed by atoms with Crippen molar-refractivity contribution in [3.8, 4) is 0 Å². The number of hydrogen-bond acceptors (Lipinski definition) is 8. The van der Waals surface area contributed by atoms with Crippen LogP contribution in [0.4, 0.5) is 0 Å². The summed E-state index contributed by atoms with van der Waals surface area (Å²) in [6.45, 7) is 16.8. The Morgan fingerprint density at radius 1 is 1.05 bits per heavy atom. The summed E-state index contributed by atoms with van der Waals surface area (Å²) in [4.78, 5) is 38.1. The number of carbonyl (C=O) groups excluding carboxylic acids is 3. The van der Waals surface area contributed by atoms with Crippen LogP contribution >= 0.6 is 0 Å². The number of hydrogen-bond donors (Lipinski definition) is 0. The van der Waals surface area contributed by atoms with Crippen molar-refractivity contribution >= 4 is 32.3 Å². The molecule has 1 aromatic heterocycles. The SMILES string of the molecule is COC(=O)c1cc2oc1[C@H]1C[C@H](O[Si](C(C)C)(C(C)C)C(C)C)[C@@H]1C[C@@H](OC(C)=O)C1=C[C@H](C/C(C)=C\2)OC1=O. The average molecular weight is 573 g/mol. The van der Waals surface area contributed by atoms with Crippen molar-refractivity contribution in [2.45, 2.75) is 116 Å². The number of esters is 3. The zero-order chi connectivity index (χ0) is 29.5. The van der Waals surface area contributed by atoms with Crippen LogP contribution in [0.3, 0.4) is 0 Å². The quantitative estimate of drug-likeness (QED) is 0.202. The van der Waals surface area contributed by atoms with Crippen molar-refractivity contribution in [2.75, 3.05) is 7.11 Å². The summed E-state index contributed by atoms with van der Waals surface area (Å²) in [5, 5.41) is 0. The molecular formula is C31H44O8Si. The standard InChI is InChI=1S/C31H44O8Si/c1-16(2)40(17(3)4,18(5)6)39-28-15-24-23(28)14-27(36-20(8)32)25-12-22(38-31(25)34)11-19(7)10-21-13-26(29(24)37-21)30(33)35-9/h10,12-13,16-18,22-24,27-28H,11,14-15H2,1-9H3/b19-10-/t22-,23+,24-,27+,28-/m0/s1. The lowest BCUT2D eigenvalue weighted by molar-refractivity contribution is -0.149. The van der Waals surface area contributed by atoms with Crippen molar-refractivity contribution in [2.24, 2.45) is 5.92 Å². The van der Waals surface area contributed by atoms with Gasteiger partial charge in [0.1, 0.15) is 29.3 Å². The van der Waals surface area contributed by atoms with Gasteiger partial charge in [0.2, 0.25) is 8.32 Å². The maximum absolute atomic E-state index is 13.0. The Kier molecular flexibility index (Phi) is 8.85. The highest BCUT2D eigenvalue weighted by Crippen LogP contribution is 2.54. The minimum absolute atomic E-state index is 0.141. The van der Waals surface area contributed by atoms with Gasteiger partial charge in [-0.1, -0.05) is 47.1 Å². The monoisotopic (exact) mass is 572 g/mol. The molecule has 1 saturated carbocycles. The number of methoxy groups -OCH3 is 1. The van der Waals surface area contributed by atoms with Gasteiger partial charge in [-0.05, 0) is 60.5 Å². The van der Waals surface area contributed by atoms with Gasteiger partial charge >= 0.3 is 17.9 Å². The van der Waals surface area contributed by atoms with Crippen LogP contribution in [0.15, 0.2) is 27.7 Å². The molecule has 8 nitrogen and oxygen atoms in total. The summed E-state index contributed by atoms with van der Waals surface area (Å²) in [6, 6.07) is 1.72. The Morgan fingerprint density at radius 3 is 2.27 bits per heavy atom. The molecule has 0 saturated heterocycles. The Labute approximate surface area is 238 Å². The fourth-order valence-electron chi connectivity index (χ4n) is 7.28. The van der Waals surface area contributed by atoms with Crippen LogP contribution in [-0.4, -0.2) is 51.6 Å². The van der Waals surface area contributed by atoms with Crippen LogP contribution in [0.2, 0.25) is 16.6 Å². The lowest BCUT2D eigenvalue weighted by Gasteiger charge is -2.52. The lowest BCUT2D eigenvalue weighted by Crippen LogP contribution is -2.56. The second-order valence-corrected chi connectivity index (χ2v) is 17.9. The summed E-state index contributed by atoms with van der Waals surface area (Å²) >= 11 is 0. The Bertz CT molecular complexity index is 1180. The Hall–Kier alpha value is -2.65. The van der Waals surface area contributed by atoms with Crippen LogP contribution in [0.1, 0.15) is 102 Å². The van der Waals surface area contributed by atoms with E-state index in [1.165, 1.54) is 14.0 Å². The van der Waals surface area contributed by atoms with E-state index in [0.29, 0.717) is 58.5 Å². The molecule has 0 spiro atoms. The number of furan rings is 1. The third kappa shape index (κ3) is 5.59. The molecule has 4 bridgehead atoms. The molecule has 9 heteroatoms. The molecule has 0 amide bonds. The molecule has 2 aliphatic heterocycles. The molecule has 3 heterocycles. The normalized spacial score (nSPS) is 27.9. The minimum Gasteiger partial charge on any atom is -0.465 e. The molecule has 4 rings (SSSR count). The van der Waals surface area contributed by atoms with Gasteiger partial charge in [-0.3, -0.25) is 4.79 Å². The molecule has 0 radical (unpaired) electrons. The van der Waals surface area contributed by atoms with Crippen molar-refractivity contribution in [3.05, 3.63) is 40.4 Å². The highest BCUT2D eigenvalue weighted by Gasteiger charge is 2.54. The van der Waals surface area contributed by atoms with Crippen LogP contribution in [0.25, 0.3) is 6.08 Å². The summed E-state index contributed by atoms with van der Waals surface area (Å²) in [5.41, 5.74) is 2.83. The maximum atomic E-state index is 13.0. The molecule has 1 aliphatic carbocycles. The molecule has 1 aromatic rings. The van der Waals surface area contributed by atoms with Crippen molar-refractivity contribution in [1.29, 1.82) is 0 Å². The van der Waals surface area contributed by atoms with Gasteiger partial charge in [0.15, 0.2) is 0 Å². The number of ether oxygens (including phenoxy) is 3. The van der Waals surface area contributed by atoms with E-state index < -0.39 is 38.4 Å². The number of carbonyl (C=O) groups is 3. The molecule has 1 fully saturated rings. The molecule has 220 valence electrons. The fraction of sp³-hybridized carbons (Fsp3) is 0.645. The van der Waals surface area contributed by atoms with Gasteiger partial charge in [0.05, 0.1) is 12.7 Å². The molecular weight excluding hydrogens is 528 g/mol. The molecule has 5 atom stereocenters.